The maximum Gasteiger partial charge on any atom is 0.471 e. The lowest BCUT2D eigenvalue weighted by Crippen LogP contribution is -2.33. The molecule has 0 saturated carbocycles. The molecule has 0 aliphatic carbocycles. The zero-order valence-corrected chi connectivity index (χ0v) is 15.9. The minimum Gasteiger partial charge on any atom is -0.352 e. The Balaban J connectivity index is 1.57. The number of likely N-dealkylation sites (tertiary alicyclic amines) is 1. The number of benzene rings is 2. The summed E-state index contributed by atoms with van der Waals surface area (Å²) in [6.45, 7) is 0.609. The van der Waals surface area contributed by atoms with Crippen LogP contribution in [0, 0.1) is 5.92 Å². The van der Waals surface area contributed by atoms with Crippen LogP contribution in [0.5, 0.6) is 0 Å². The van der Waals surface area contributed by atoms with Crippen molar-refractivity contribution in [1.29, 1.82) is 0 Å². The standard InChI is InChI=1S/C21H20F3N3O3/c22-21(23,24)20(30)26-17-9-5-4-8-15(17)11-25-19(29)16-10-18(28)27(13-16)12-14-6-2-1-3-7-14/h1-9,16H,10-13H2,(H,25,29)(H,26,30). The molecular formula is C21H20F3N3O3. The SMILES string of the molecule is O=C(NCc1ccccc1NC(=O)C(F)(F)F)C1CC(=O)N(Cc2ccccc2)C1. The van der Waals surface area contributed by atoms with Crippen molar-refractivity contribution < 1.29 is 27.6 Å². The molecule has 2 N–H and O–H groups in total. The molecule has 0 radical (unpaired) electrons. The number of alkyl halides is 3. The van der Waals surface area contributed by atoms with E-state index in [9.17, 15) is 27.6 Å². The summed E-state index contributed by atoms with van der Waals surface area (Å²) in [7, 11) is 0. The number of nitrogens with zero attached hydrogens (tertiary/aromatic N) is 1. The lowest BCUT2D eigenvalue weighted by atomic mass is 10.1. The van der Waals surface area contributed by atoms with Crippen LogP contribution >= 0.6 is 0 Å². The highest BCUT2D eigenvalue weighted by molar-refractivity contribution is 5.95. The molecule has 1 atom stereocenters. The molecule has 9 heteroatoms. The molecule has 0 aromatic heterocycles. The highest BCUT2D eigenvalue weighted by atomic mass is 19.4. The van der Waals surface area contributed by atoms with Crippen LogP contribution in [-0.2, 0) is 27.5 Å². The molecule has 1 fully saturated rings. The van der Waals surface area contributed by atoms with Gasteiger partial charge in [-0.3, -0.25) is 14.4 Å². The third kappa shape index (κ3) is 5.37. The van der Waals surface area contributed by atoms with Gasteiger partial charge in [-0.05, 0) is 17.2 Å². The molecule has 1 aliphatic rings. The zero-order chi connectivity index (χ0) is 21.7. The van der Waals surface area contributed by atoms with Crippen molar-refractivity contribution in [3.63, 3.8) is 0 Å². The maximum atomic E-state index is 12.5. The highest BCUT2D eigenvalue weighted by Crippen LogP contribution is 2.23. The molecule has 3 rings (SSSR count). The summed E-state index contributed by atoms with van der Waals surface area (Å²) in [6, 6.07) is 15.3. The van der Waals surface area contributed by atoms with Gasteiger partial charge in [-0.25, -0.2) is 0 Å². The van der Waals surface area contributed by atoms with Crippen molar-refractivity contribution in [2.75, 3.05) is 11.9 Å². The minimum absolute atomic E-state index is 0.0340. The second kappa shape index (κ2) is 8.98. The molecule has 6 nitrogen and oxygen atoms in total. The van der Waals surface area contributed by atoms with Crippen LogP contribution < -0.4 is 10.6 Å². The Labute approximate surface area is 171 Å². The summed E-state index contributed by atoms with van der Waals surface area (Å²) in [6.07, 6.45) is -4.94. The monoisotopic (exact) mass is 419 g/mol. The lowest BCUT2D eigenvalue weighted by molar-refractivity contribution is -0.167. The summed E-state index contributed by atoms with van der Waals surface area (Å²) < 4.78 is 37.5. The highest BCUT2D eigenvalue weighted by Gasteiger charge is 2.39. The van der Waals surface area contributed by atoms with E-state index in [-0.39, 0.29) is 37.0 Å². The third-order valence-corrected chi connectivity index (χ3v) is 4.78. The summed E-state index contributed by atoms with van der Waals surface area (Å²) in [4.78, 5) is 37.5. The van der Waals surface area contributed by atoms with E-state index >= 15 is 0 Å². The Bertz CT molecular complexity index is 932. The van der Waals surface area contributed by atoms with Crippen molar-refractivity contribution >= 4 is 23.4 Å². The first-order chi connectivity index (χ1) is 14.2. The van der Waals surface area contributed by atoms with Gasteiger partial charge < -0.3 is 15.5 Å². The fourth-order valence-electron chi connectivity index (χ4n) is 3.22. The van der Waals surface area contributed by atoms with Crippen LogP contribution in [0.4, 0.5) is 18.9 Å². The number of hydrogen-bond donors (Lipinski definition) is 2. The largest absolute Gasteiger partial charge is 0.471 e. The van der Waals surface area contributed by atoms with Gasteiger partial charge in [0.05, 0.1) is 5.92 Å². The predicted molar refractivity (Wildman–Crippen MR) is 103 cm³/mol. The second-order valence-electron chi connectivity index (χ2n) is 6.99. The van der Waals surface area contributed by atoms with E-state index in [1.165, 1.54) is 18.2 Å². The Hall–Kier alpha value is -3.36. The van der Waals surface area contributed by atoms with Gasteiger partial charge in [0.1, 0.15) is 0 Å². The van der Waals surface area contributed by atoms with E-state index in [2.05, 4.69) is 5.32 Å². The van der Waals surface area contributed by atoms with Gasteiger partial charge in [0.15, 0.2) is 0 Å². The molecule has 1 unspecified atom stereocenters. The van der Waals surface area contributed by atoms with Crippen molar-refractivity contribution in [1.82, 2.24) is 10.2 Å². The smallest absolute Gasteiger partial charge is 0.352 e. The van der Waals surface area contributed by atoms with Gasteiger partial charge >= 0.3 is 12.1 Å². The summed E-state index contributed by atoms with van der Waals surface area (Å²) >= 11 is 0. The molecule has 2 aromatic carbocycles. The summed E-state index contributed by atoms with van der Waals surface area (Å²) in [5.41, 5.74) is 1.25. The maximum absolute atomic E-state index is 12.5. The number of rotatable bonds is 6. The summed E-state index contributed by atoms with van der Waals surface area (Å²) in [5.74, 6) is -3.12. The normalized spacial score (nSPS) is 16.4. The van der Waals surface area contributed by atoms with Crippen molar-refractivity contribution in [3.05, 3.63) is 65.7 Å². The molecule has 158 valence electrons. The first kappa shape index (κ1) is 21.4. The number of carbonyl (C=O) groups is 3. The van der Waals surface area contributed by atoms with Crippen LogP contribution in [0.25, 0.3) is 0 Å². The van der Waals surface area contributed by atoms with Crippen molar-refractivity contribution in [3.8, 4) is 0 Å². The van der Waals surface area contributed by atoms with Gasteiger partial charge in [-0.15, -0.1) is 0 Å². The number of hydrogen-bond acceptors (Lipinski definition) is 3. The number of amides is 3. The van der Waals surface area contributed by atoms with Crippen LogP contribution in [0.15, 0.2) is 54.6 Å². The number of anilines is 1. The molecule has 3 amide bonds. The molecule has 1 saturated heterocycles. The van der Waals surface area contributed by atoms with E-state index in [1.54, 1.807) is 11.0 Å². The topological polar surface area (TPSA) is 78.5 Å². The van der Waals surface area contributed by atoms with Crippen molar-refractivity contribution in [2.45, 2.75) is 25.7 Å². The molecule has 30 heavy (non-hydrogen) atoms. The van der Waals surface area contributed by atoms with Gasteiger partial charge in [-0.1, -0.05) is 48.5 Å². The second-order valence-corrected chi connectivity index (χ2v) is 6.99. The van der Waals surface area contributed by atoms with Crippen molar-refractivity contribution in [2.24, 2.45) is 5.92 Å². The molecule has 0 bridgehead atoms. The van der Waals surface area contributed by atoms with Gasteiger partial charge in [-0.2, -0.15) is 13.2 Å². The molecule has 0 spiro atoms. The number of halogens is 3. The van der Waals surface area contributed by atoms with Crippen LogP contribution in [0.1, 0.15) is 17.5 Å². The number of carbonyl (C=O) groups excluding carboxylic acids is 3. The molecular weight excluding hydrogens is 399 g/mol. The van der Waals surface area contributed by atoms with Gasteiger partial charge in [0.2, 0.25) is 11.8 Å². The average molecular weight is 419 g/mol. The molecule has 1 aliphatic heterocycles. The molecule has 1 heterocycles. The summed E-state index contributed by atoms with van der Waals surface area (Å²) in [5, 5.41) is 4.46. The Morgan fingerprint density at radius 3 is 2.40 bits per heavy atom. The van der Waals surface area contributed by atoms with Gasteiger partial charge in [0.25, 0.3) is 0 Å². The minimum atomic E-state index is -5.01. The molecule has 2 aromatic rings. The lowest BCUT2D eigenvalue weighted by Gasteiger charge is -2.17. The van der Waals surface area contributed by atoms with Crippen LogP contribution in [0.2, 0.25) is 0 Å². The zero-order valence-electron chi connectivity index (χ0n) is 15.9. The van der Waals surface area contributed by atoms with E-state index < -0.39 is 18.0 Å². The first-order valence-electron chi connectivity index (χ1n) is 9.29. The van der Waals surface area contributed by atoms with E-state index in [0.29, 0.717) is 12.1 Å². The van der Waals surface area contributed by atoms with Crippen LogP contribution in [0.3, 0.4) is 0 Å². The fraction of sp³-hybridized carbons (Fsp3) is 0.286. The quantitative estimate of drug-likeness (QED) is 0.756. The predicted octanol–water partition coefficient (Wildman–Crippen LogP) is 2.85. The van der Waals surface area contributed by atoms with E-state index in [0.717, 1.165) is 5.56 Å². The Kier molecular flexibility index (Phi) is 6.39. The van der Waals surface area contributed by atoms with E-state index in [4.69, 9.17) is 0 Å². The Morgan fingerprint density at radius 1 is 1.03 bits per heavy atom. The number of nitrogens with one attached hydrogen (secondary N) is 2. The first-order valence-corrected chi connectivity index (χ1v) is 9.29. The third-order valence-electron chi connectivity index (χ3n) is 4.78. The van der Waals surface area contributed by atoms with E-state index in [1.807, 2.05) is 35.6 Å². The number of para-hydroxylation sites is 1. The van der Waals surface area contributed by atoms with Crippen LogP contribution in [-0.4, -0.2) is 35.3 Å². The average Bonchev–Trinajstić information content (AvgIpc) is 3.07. The fourth-order valence-corrected chi connectivity index (χ4v) is 3.22. The Morgan fingerprint density at radius 2 is 1.70 bits per heavy atom. The van der Waals surface area contributed by atoms with Gasteiger partial charge in [0, 0.05) is 31.7 Å².